The zero-order valence-electron chi connectivity index (χ0n) is 13.5. The lowest BCUT2D eigenvalue weighted by atomic mass is 9.96. The Morgan fingerprint density at radius 3 is 2.70 bits per heavy atom. The van der Waals surface area contributed by atoms with Crippen molar-refractivity contribution in [3.05, 3.63) is 42.0 Å². The van der Waals surface area contributed by atoms with Gasteiger partial charge in [-0.1, -0.05) is 20.8 Å². The Balaban J connectivity index is 1.74. The number of ether oxygens (including phenoxy) is 1. The highest BCUT2D eigenvalue weighted by Crippen LogP contribution is 2.30. The predicted octanol–water partition coefficient (Wildman–Crippen LogP) is 2.83. The Kier molecular flexibility index (Phi) is 3.90. The van der Waals surface area contributed by atoms with Crippen LogP contribution >= 0.6 is 0 Å². The first-order valence-electron chi connectivity index (χ1n) is 7.58. The van der Waals surface area contributed by atoms with Gasteiger partial charge in [0.1, 0.15) is 18.2 Å². The monoisotopic (exact) mass is 312 g/mol. The van der Waals surface area contributed by atoms with Gasteiger partial charge >= 0.3 is 0 Å². The molecular weight excluding hydrogens is 292 g/mol. The Hall–Kier alpha value is -2.63. The van der Waals surface area contributed by atoms with Gasteiger partial charge in [0.05, 0.1) is 11.3 Å². The maximum Gasteiger partial charge on any atom is 0.258 e. The first kappa shape index (κ1) is 15.3. The van der Waals surface area contributed by atoms with Crippen LogP contribution in [0.3, 0.4) is 0 Å². The minimum Gasteiger partial charge on any atom is -0.490 e. The highest BCUT2D eigenvalue weighted by atomic mass is 16.5. The summed E-state index contributed by atoms with van der Waals surface area (Å²) in [5.41, 5.74) is 1.90. The quantitative estimate of drug-likeness (QED) is 0.892. The van der Waals surface area contributed by atoms with Gasteiger partial charge in [-0.3, -0.25) is 4.79 Å². The van der Waals surface area contributed by atoms with Crippen LogP contribution in [0.2, 0.25) is 0 Å². The molecule has 2 aromatic rings. The van der Waals surface area contributed by atoms with Crippen LogP contribution in [0.15, 0.2) is 30.6 Å². The lowest BCUT2D eigenvalue weighted by Crippen LogP contribution is -2.19. The van der Waals surface area contributed by atoms with Crippen LogP contribution in [-0.2, 0) is 5.41 Å². The van der Waals surface area contributed by atoms with Crippen molar-refractivity contribution in [3.63, 3.8) is 0 Å². The van der Waals surface area contributed by atoms with Gasteiger partial charge in [-0.25, -0.2) is 9.97 Å². The summed E-state index contributed by atoms with van der Waals surface area (Å²) in [6.45, 7) is 7.50. The van der Waals surface area contributed by atoms with Gasteiger partial charge in [0.2, 0.25) is 0 Å². The maximum absolute atomic E-state index is 12.3. The fraction of sp³-hybridized carbons (Fsp3) is 0.353. The smallest absolute Gasteiger partial charge is 0.258 e. The molecule has 2 heterocycles. The zero-order valence-corrected chi connectivity index (χ0v) is 13.5. The molecule has 1 aromatic carbocycles. The molecule has 23 heavy (non-hydrogen) atoms. The minimum atomic E-state index is -0.242. The molecule has 0 unspecified atom stereocenters. The van der Waals surface area contributed by atoms with E-state index in [0.29, 0.717) is 23.7 Å². The number of benzene rings is 1. The molecule has 1 aromatic heterocycles. The third kappa shape index (κ3) is 3.41. The number of hydrogen-bond acceptors (Lipinski definition) is 5. The molecule has 0 saturated carbocycles. The fourth-order valence-electron chi connectivity index (χ4n) is 2.25. The summed E-state index contributed by atoms with van der Waals surface area (Å²) in [5.74, 6) is 1.21. The summed E-state index contributed by atoms with van der Waals surface area (Å²) in [5, 5.41) is 6.08. The van der Waals surface area contributed by atoms with E-state index in [4.69, 9.17) is 4.74 Å². The largest absolute Gasteiger partial charge is 0.490 e. The SMILES string of the molecule is CC(C)(C)c1ncc(C(=O)Nc2ccc3c(c2)OCCN3)cn1. The number of aromatic nitrogens is 2. The molecule has 1 amide bonds. The van der Waals surface area contributed by atoms with E-state index in [1.165, 1.54) is 0 Å². The molecule has 3 rings (SSSR count). The van der Waals surface area contributed by atoms with Crippen molar-refractivity contribution in [1.29, 1.82) is 0 Å². The molecule has 0 atom stereocenters. The molecule has 1 aliphatic rings. The van der Waals surface area contributed by atoms with Gasteiger partial charge in [0.15, 0.2) is 0 Å². The summed E-state index contributed by atoms with van der Waals surface area (Å²) in [6.07, 6.45) is 3.11. The van der Waals surface area contributed by atoms with E-state index in [0.717, 1.165) is 18.0 Å². The van der Waals surface area contributed by atoms with E-state index >= 15 is 0 Å². The average molecular weight is 312 g/mol. The van der Waals surface area contributed by atoms with E-state index in [1.807, 2.05) is 39.0 Å². The second kappa shape index (κ2) is 5.87. The fourth-order valence-corrected chi connectivity index (χ4v) is 2.25. The average Bonchev–Trinajstić information content (AvgIpc) is 2.54. The molecule has 2 N–H and O–H groups in total. The number of fused-ring (bicyclic) bond motifs is 1. The van der Waals surface area contributed by atoms with Crippen LogP contribution in [0, 0.1) is 0 Å². The van der Waals surface area contributed by atoms with Gasteiger partial charge in [0, 0.05) is 36.1 Å². The predicted molar refractivity (Wildman–Crippen MR) is 89.1 cm³/mol. The van der Waals surface area contributed by atoms with Crippen molar-refractivity contribution in [2.45, 2.75) is 26.2 Å². The minimum absolute atomic E-state index is 0.141. The highest BCUT2D eigenvalue weighted by Gasteiger charge is 2.18. The summed E-state index contributed by atoms with van der Waals surface area (Å²) >= 11 is 0. The number of amides is 1. The number of rotatable bonds is 2. The van der Waals surface area contributed by atoms with E-state index in [2.05, 4.69) is 20.6 Å². The second-order valence-corrected chi connectivity index (χ2v) is 6.49. The molecule has 6 heteroatoms. The number of carbonyl (C=O) groups excluding carboxylic acids is 1. The third-order valence-electron chi connectivity index (χ3n) is 3.50. The number of anilines is 2. The van der Waals surface area contributed by atoms with Gasteiger partial charge in [-0.15, -0.1) is 0 Å². The Morgan fingerprint density at radius 2 is 2.00 bits per heavy atom. The lowest BCUT2D eigenvalue weighted by molar-refractivity contribution is 0.102. The first-order chi connectivity index (χ1) is 10.9. The van der Waals surface area contributed by atoms with Crippen molar-refractivity contribution in [3.8, 4) is 5.75 Å². The van der Waals surface area contributed by atoms with Crippen LogP contribution in [0.25, 0.3) is 0 Å². The van der Waals surface area contributed by atoms with Crippen LogP contribution in [0.4, 0.5) is 11.4 Å². The van der Waals surface area contributed by atoms with E-state index in [-0.39, 0.29) is 11.3 Å². The summed E-state index contributed by atoms with van der Waals surface area (Å²) in [4.78, 5) is 20.8. The third-order valence-corrected chi connectivity index (χ3v) is 3.50. The topological polar surface area (TPSA) is 76.1 Å². The summed E-state index contributed by atoms with van der Waals surface area (Å²) in [7, 11) is 0. The van der Waals surface area contributed by atoms with Gasteiger partial charge in [-0.2, -0.15) is 0 Å². The molecule has 0 bridgehead atoms. The lowest BCUT2D eigenvalue weighted by Gasteiger charge is -2.19. The van der Waals surface area contributed by atoms with Crippen molar-refractivity contribution >= 4 is 17.3 Å². The van der Waals surface area contributed by atoms with Crippen molar-refractivity contribution in [1.82, 2.24) is 9.97 Å². The Bertz CT molecular complexity index is 720. The van der Waals surface area contributed by atoms with Crippen molar-refractivity contribution in [2.24, 2.45) is 0 Å². The number of carbonyl (C=O) groups is 1. The normalized spacial score (nSPS) is 13.5. The van der Waals surface area contributed by atoms with Crippen LogP contribution in [0.5, 0.6) is 5.75 Å². The van der Waals surface area contributed by atoms with Crippen LogP contribution in [-0.4, -0.2) is 29.0 Å². The molecule has 6 nitrogen and oxygen atoms in total. The van der Waals surface area contributed by atoms with E-state index < -0.39 is 0 Å². The van der Waals surface area contributed by atoms with Crippen molar-refractivity contribution < 1.29 is 9.53 Å². The highest BCUT2D eigenvalue weighted by molar-refractivity contribution is 6.04. The van der Waals surface area contributed by atoms with E-state index in [1.54, 1.807) is 12.4 Å². The first-order valence-corrected chi connectivity index (χ1v) is 7.58. The van der Waals surface area contributed by atoms with Crippen LogP contribution in [0.1, 0.15) is 37.0 Å². The molecule has 0 spiro atoms. The summed E-state index contributed by atoms with van der Waals surface area (Å²) in [6, 6.07) is 5.54. The second-order valence-electron chi connectivity index (χ2n) is 6.49. The molecule has 0 saturated heterocycles. The molecule has 120 valence electrons. The number of nitrogens with zero attached hydrogens (tertiary/aromatic N) is 2. The molecular formula is C17H20N4O2. The van der Waals surface area contributed by atoms with Gasteiger partial charge < -0.3 is 15.4 Å². The van der Waals surface area contributed by atoms with Gasteiger partial charge in [-0.05, 0) is 12.1 Å². The summed E-state index contributed by atoms with van der Waals surface area (Å²) < 4.78 is 5.57. The Morgan fingerprint density at radius 1 is 1.26 bits per heavy atom. The standard InChI is InChI=1S/C17H20N4O2/c1-17(2,3)16-19-9-11(10-20-16)15(22)21-12-4-5-13-14(8-12)23-7-6-18-13/h4-5,8-10,18H,6-7H2,1-3H3,(H,21,22). The number of nitrogens with one attached hydrogen (secondary N) is 2. The van der Waals surface area contributed by atoms with Crippen LogP contribution < -0.4 is 15.4 Å². The zero-order chi connectivity index (χ0) is 16.4. The maximum atomic E-state index is 12.3. The molecule has 0 fully saturated rings. The van der Waals surface area contributed by atoms with E-state index in [9.17, 15) is 4.79 Å². The molecule has 1 aliphatic heterocycles. The Labute approximate surface area is 135 Å². The number of hydrogen-bond donors (Lipinski definition) is 2. The molecule has 0 aliphatic carbocycles. The van der Waals surface area contributed by atoms with Crippen molar-refractivity contribution in [2.75, 3.05) is 23.8 Å². The molecule has 0 radical (unpaired) electrons. The van der Waals surface area contributed by atoms with Gasteiger partial charge in [0.25, 0.3) is 5.91 Å².